The highest BCUT2D eigenvalue weighted by Crippen LogP contribution is 2.40. The first-order chi connectivity index (χ1) is 15.7. The van der Waals surface area contributed by atoms with Crippen LogP contribution >= 0.6 is 0 Å². The van der Waals surface area contributed by atoms with E-state index in [1.165, 1.54) is 31.1 Å². The van der Waals surface area contributed by atoms with E-state index in [1.807, 2.05) is 36.4 Å². The van der Waals surface area contributed by atoms with Crippen LogP contribution in [0.4, 0.5) is 5.69 Å². The van der Waals surface area contributed by atoms with Gasteiger partial charge in [0, 0.05) is 25.8 Å². The fourth-order valence-electron chi connectivity index (χ4n) is 4.44. The molecule has 174 valence electrons. The SMILES string of the molecule is CN(C)S(=O)(=O)c1ccc(N2C(=O)CC2(C=Cc2ccccc2)C(=O)NC2CCCC2)cc1. The fraction of sp³-hybridized carbons (Fsp3) is 0.360. The highest BCUT2D eigenvalue weighted by atomic mass is 32.2. The Balaban J connectivity index is 1.69. The number of β-lactam (4-membered cyclic amide) rings is 1. The van der Waals surface area contributed by atoms with Gasteiger partial charge in [-0.05, 0) is 48.7 Å². The molecule has 2 aromatic rings. The molecule has 2 amide bonds. The van der Waals surface area contributed by atoms with Crippen molar-refractivity contribution in [3.8, 4) is 0 Å². The third-order valence-electron chi connectivity index (χ3n) is 6.38. The molecule has 2 fully saturated rings. The lowest BCUT2D eigenvalue weighted by Gasteiger charge is -2.49. The molecule has 1 saturated heterocycles. The van der Waals surface area contributed by atoms with Crippen LogP contribution in [-0.2, 0) is 19.6 Å². The molecule has 1 aliphatic heterocycles. The lowest BCUT2D eigenvalue weighted by atomic mass is 9.80. The van der Waals surface area contributed by atoms with Gasteiger partial charge >= 0.3 is 0 Å². The number of hydrogen-bond donors (Lipinski definition) is 1. The van der Waals surface area contributed by atoms with Crippen LogP contribution in [0.5, 0.6) is 0 Å². The Morgan fingerprint density at radius 2 is 1.70 bits per heavy atom. The van der Waals surface area contributed by atoms with Gasteiger partial charge in [0.15, 0.2) is 5.54 Å². The van der Waals surface area contributed by atoms with Crippen LogP contribution in [0.1, 0.15) is 37.7 Å². The van der Waals surface area contributed by atoms with Gasteiger partial charge in [-0.3, -0.25) is 14.5 Å². The summed E-state index contributed by atoms with van der Waals surface area (Å²) in [4.78, 5) is 27.9. The maximum Gasteiger partial charge on any atom is 0.251 e. The van der Waals surface area contributed by atoms with Crippen molar-refractivity contribution >= 4 is 33.6 Å². The molecule has 7 nitrogen and oxygen atoms in total. The molecule has 4 rings (SSSR count). The summed E-state index contributed by atoms with van der Waals surface area (Å²) >= 11 is 0. The zero-order valence-corrected chi connectivity index (χ0v) is 19.7. The molecule has 8 heteroatoms. The van der Waals surface area contributed by atoms with Gasteiger partial charge in [0.1, 0.15) is 0 Å². The van der Waals surface area contributed by atoms with Crippen molar-refractivity contribution in [1.82, 2.24) is 9.62 Å². The second kappa shape index (κ2) is 9.11. The smallest absolute Gasteiger partial charge is 0.251 e. The molecule has 2 aliphatic rings. The van der Waals surface area contributed by atoms with Crippen LogP contribution in [0.25, 0.3) is 6.08 Å². The van der Waals surface area contributed by atoms with Gasteiger partial charge in [-0.15, -0.1) is 0 Å². The van der Waals surface area contributed by atoms with E-state index in [0.29, 0.717) is 5.69 Å². The molecule has 0 radical (unpaired) electrons. The molecule has 1 aliphatic carbocycles. The van der Waals surface area contributed by atoms with E-state index in [4.69, 9.17) is 0 Å². The summed E-state index contributed by atoms with van der Waals surface area (Å²) < 4.78 is 26.0. The monoisotopic (exact) mass is 467 g/mol. The number of amides is 2. The first-order valence-electron chi connectivity index (χ1n) is 11.1. The van der Waals surface area contributed by atoms with Crippen LogP contribution < -0.4 is 10.2 Å². The van der Waals surface area contributed by atoms with Gasteiger partial charge in [-0.2, -0.15) is 0 Å². The third-order valence-corrected chi connectivity index (χ3v) is 8.21. The maximum atomic E-state index is 13.5. The predicted octanol–water partition coefficient (Wildman–Crippen LogP) is 3.18. The van der Waals surface area contributed by atoms with Crippen molar-refractivity contribution in [3.05, 3.63) is 66.2 Å². The normalized spacial score (nSPS) is 21.5. The number of benzene rings is 2. The van der Waals surface area contributed by atoms with E-state index < -0.39 is 15.6 Å². The maximum absolute atomic E-state index is 13.5. The van der Waals surface area contributed by atoms with Crippen molar-refractivity contribution in [2.24, 2.45) is 0 Å². The highest BCUT2D eigenvalue weighted by molar-refractivity contribution is 7.89. The van der Waals surface area contributed by atoms with Gasteiger partial charge in [-0.1, -0.05) is 49.2 Å². The Hall–Kier alpha value is -2.97. The zero-order chi connectivity index (χ0) is 23.6. The quantitative estimate of drug-likeness (QED) is 0.634. The van der Waals surface area contributed by atoms with Crippen LogP contribution in [0.3, 0.4) is 0 Å². The minimum absolute atomic E-state index is 0.0621. The molecule has 1 N–H and O–H groups in total. The van der Waals surface area contributed by atoms with Crippen LogP contribution in [0.2, 0.25) is 0 Å². The topological polar surface area (TPSA) is 86.8 Å². The highest BCUT2D eigenvalue weighted by Gasteiger charge is 2.56. The van der Waals surface area contributed by atoms with Gasteiger partial charge in [0.25, 0.3) is 5.91 Å². The van der Waals surface area contributed by atoms with Crippen LogP contribution in [-0.4, -0.2) is 50.2 Å². The predicted molar refractivity (Wildman–Crippen MR) is 128 cm³/mol. The molecule has 0 spiro atoms. The third kappa shape index (κ3) is 4.45. The molecule has 0 bridgehead atoms. The van der Waals surface area contributed by atoms with E-state index in [1.54, 1.807) is 18.2 Å². The largest absolute Gasteiger partial charge is 0.351 e. The van der Waals surface area contributed by atoms with Crippen molar-refractivity contribution in [3.63, 3.8) is 0 Å². The standard InChI is InChI=1S/C25H29N3O4S/c1-27(2)33(31,32)22-14-12-21(13-15-22)28-23(29)18-25(28,17-16-19-8-4-3-5-9-19)24(30)26-20-10-6-7-11-20/h3-5,8-9,12-17,20H,6-7,10-11,18H2,1-2H3,(H,26,30). The molecule has 2 aromatic carbocycles. The minimum atomic E-state index is -3.59. The van der Waals surface area contributed by atoms with E-state index in [-0.39, 0.29) is 29.2 Å². The van der Waals surface area contributed by atoms with Gasteiger partial charge in [0.2, 0.25) is 15.9 Å². The summed E-state index contributed by atoms with van der Waals surface area (Å²) in [5.74, 6) is -0.385. The number of rotatable bonds is 7. The van der Waals surface area contributed by atoms with E-state index in [2.05, 4.69) is 5.32 Å². The summed E-state index contributed by atoms with van der Waals surface area (Å²) in [6, 6.07) is 15.8. The average molecular weight is 468 g/mol. The van der Waals surface area contributed by atoms with Crippen LogP contribution in [0, 0.1) is 0 Å². The Morgan fingerprint density at radius 1 is 1.06 bits per heavy atom. The Labute approximate surface area is 195 Å². The summed E-state index contributed by atoms with van der Waals surface area (Å²) in [7, 11) is -0.658. The minimum Gasteiger partial charge on any atom is -0.351 e. The molecule has 0 aromatic heterocycles. The van der Waals surface area contributed by atoms with E-state index >= 15 is 0 Å². The number of carbonyl (C=O) groups excluding carboxylic acids is 2. The second-order valence-electron chi connectivity index (χ2n) is 8.81. The number of hydrogen-bond acceptors (Lipinski definition) is 4. The molecule has 33 heavy (non-hydrogen) atoms. The van der Waals surface area contributed by atoms with Crippen molar-refractivity contribution in [2.45, 2.75) is 48.6 Å². The number of sulfonamides is 1. The lowest BCUT2D eigenvalue weighted by molar-refractivity contribution is -0.137. The summed E-state index contributed by atoms with van der Waals surface area (Å²) in [5.41, 5.74) is 0.262. The Kier molecular flexibility index (Phi) is 6.41. The van der Waals surface area contributed by atoms with Gasteiger partial charge < -0.3 is 5.32 Å². The number of anilines is 1. The van der Waals surface area contributed by atoms with E-state index in [9.17, 15) is 18.0 Å². The molecule has 1 heterocycles. The molecular formula is C25H29N3O4S. The van der Waals surface area contributed by atoms with Crippen molar-refractivity contribution in [1.29, 1.82) is 0 Å². The summed E-state index contributed by atoms with van der Waals surface area (Å²) in [6.07, 6.45) is 7.76. The first kappa shape index (κ1) is 23.2. The summed E-state index contributed by atoms with van der Waals surface area (Å²) in [6.45, 7) is 0. The first-order valence-corrected chi connectivity index (χ1v) is 12.6. The van der Waals surface area contributed by atoms with Crippen LogP contribution in [0.15, 0.2) is 65.6 Å². The molecule has 1 unspecified atom stereocenters. The fourth-order valence-corrected chi connectivity index (χ4v) is 5.34. The van der Waals surface area contributed by atoms with Crippen molar-refractivity contribution in [2.75, 3.05) is 19.0 Å². The molecule has 1 atom stereocenters. The summed E-state index contributed by atoms with van der Waals surface area (Å²) in [5, 5.41) is 3.14. The Morgan fingerprint density at radius 3 is 2.27 bits per heavy atom. The number of carbonyl (C=O) groups is 2. The number of nitrogens with zero attached hydrogens (tertiary/aromatic N) is 2. The van der Waals surface area contributed by atoms with Crippen molar-refractivity contribution < 1.29 is 18.0 Å². The number of nitrogens with one attached hydrogen (secondary N) is 1. The Bertz CT molecular complexity index is 1150. The lowest BCUT2D eigenvalue weighted by Crippen LogP contribution is -2.70. The van der Waals surface area contributed by atoms with Gasteiger partial charge in [0.05, 0.1) is 11.3 Å². The average Bonchev–Trinajstić information content (AvgIpc) is 3.30. The molecule has 1 saturated carbocycles. The zero-order valence-electron chi connectivity index (χ0n) is 18.9. The molecular weight excluding hydrogens is 438 g/mol. The van der Waals surface area contributed by atoms with Gasteiger partial charge in [-0.25, -0.2) is 12.7 Å². The second-order valence-corrected chi connectivity index (χ2v) is 11.0. The van der Waals surface area contributed by atoms with E-state index in [0.717, 1.165) is 35.6 Å².